The zero-order valence-corrected chi connectivity index (χ0v) is 9.20. The number of nitriles is 1. The molecular weight excluding hydrogens is 188 g/mol. The van der Waals surface area contributed by atoms with Gasteiger partial charge in [-0.25, -0.2) is 0 Å². The monoisotopic (exact) mass is 204 g/mol. The van der Waals surface area contributed by atoms with Crippen molar-refractivity contribution in [1.29, 1.82) is 5.26 Å². The van der Waals surface area contributed by atoms with Crippen molar-refractivity contribution in [3.63, 3.8) is 0 Å². The molecule has 4 heteroatoms. The van der Waals surface area contributed by atoms with Crippen LogP contribution in [0.5, 0.6) is 0 Å². The molecule has 0 spiro atoms. The highest BCUT2D eigenvalue weighted by Gasteiger charge is 2.06. The Morgan fingerprint density at radius 1 is 1.60 bits per heavy atom. The molecule has 0 bridgehead atoms. The minimum absolute atomic E-state index is 0.328. The number of anilines is 1. The molecule has 1 aromatic rings. The molecule has 1 rings (SSSR count). The second-order valence-electron chi connectivity index (χ2n) is 3.59. The largest absolute Gasteiger partial charge is 0.365 e. The third-order valence-electron chi connectivity index (χ3n) is 2.21. The average Bonchev–Trinajstić information content (AvgIpc) is 2.27. The maximum atomic E-state index is 8.85. The number of hydrogen-bond acceptors (Lipinski definition) is 4. The van der Waals surface area contributed by atoms with Crippen LogP contribution in [0.15, 0.2) is 12.3 Å². The predicted octanol–water partition coefficient (Wildman–Crippen LogP) is 2.34. The summed E-state index contributed by atoms with van der Waals surface area (Å²) in [6, 6.07) is 4.09. The molecule has 0 aromatic carbocycles. The summed E-state index contributed by atoms with van der Waals surface area (Å²) in [6.45, 7) is 4.25. The SMILES string of the molecule is CCCCC(C)Nc1nnccc1C#N. The smallest absolute Gasteiger partial charge is 0.166 e. The molecule has 0 aliphatic heterocycles. The number of nitrogens with one attached hydrogen (secondary N) is 1. The first-order chi connectivity index (χ1) is 7.27. The number of hydrogen-bond donors (Lipinski definition) is 1. The summed E-state index contributed by atoms with van der Waals surface area (Å²) in [5.74, 6) is 0.587. The zero-order chi connectivity index (χ0) is 11.1. The van der Waals surface area contributed by atoms with E-state index in [9.17, 15) is 0 Å². The van der Waals surface area contributed by atoms with Crippen molar-refractivity contribution < 1.29 is 0 Å². The number of rotatable bonds is 5. The molecule has 0 radical (unpaired) electrons. The van der Waals surface area contributed by atoms with E-state index in [-0.39, 0.29) is 0 Å². The van der Waals surface area contributed by atoms with Gasteiger partial charge in [0.05, 0.1) is 11.8 Å². The fourth-order valence-corrected chi connectivity index (χ4v) is 1.34. The van der Waals surface area contributed by atoms with Gasteiger partial charge in [0.15, 0.2) is 5.82 Å². The van der Waals surface area contributed by atoms with Crippen LogP contribution in [-0.2, 0) is 0 Å². The van der Waals surface area contributed by atoms with Gasteiger partial charge in [0.25, 0.3) is 0 Å². The lowest BCUT2D eigenvalue weighted by Crippen LogP contribution is -2.17. The summed E-state index contributed by atoms with van der Waals surface area (Å²) in [7, 11) is 0. The lowest BCUT2D eigenvalue weighted by Gasteiger charge is -2.13. The van der Waals surface area contributed by atoms with Crippen LogP contribution in [0.2, 0.25) is 0 Å². The normalized spacial score (nSPS) is 11.8. The van der Waals surface area contributed by atoms with Gasteiger partial charge >= 0.3 is 0 Å². The summed E-state index contributed by atoms with van der Waals surface area (Å²) >= 11 is 0. The van der Waals surface area contributed by atoms with Crippen LogP contribution in [0, 0.1) is 11.3 Å². The first-order valence-corrected chi connectivity index (χ1v) is 5.26. The van der Waals surface area contributed by atoms with Crippen LogP contribution in [0.3, 0.4) is 0 Å². The first-order valence-electron chi connectivity index (χ1n) is 5.26. The minimum atomic E-state index is 0.328. The highest BCUT2D eigenvalue weighted by atomic mass is 15.2. The van der Waals surface area contributed by atoms with E-state index in [0.29, 0.717) is 17.4 Å². The van der Waals surface area contributed by atoms with Crippen LogP contribution >= 0.6 is 0 Å². The van der Waals surface area contributed by atoms with Crippen LogP contribution in [0.25, 0.3) is 0 Å². The molecule has 0 aliphatic rings. The number of unbranched alkanes of at least 4 members (excludes halogenated alkanes) is 1. The van der Waals surface area contributed by atoms with Gasteiger partial charge in [0.1, 0.15) is 6.07 Å². The molecule has 1 unspecified atom stereocenters. The zero-order valence-electron chi connectivity index (χ0n) is 9.20. The lowest BCUT2D eigenvalue weighted by molar-refractivity contribution is 0.642. The van der Waals surface area contributed by atoms with Crippen LogP contribution in [0.1, 0.15) is 38.7 Å². The van der Waals surface area contributed by atoms with Crippen molar-refractivity contribution in [1.82, 2.24) is 10.2 Å². The van der Waals surface area contributed by atoms with Gasteiger partial charge in [-0.05, 0) is 19.4 Å². The Kier molecular flexibility index (Phi) is 4.55. The fourth-order valence-electron chi connectivity index (χ4n) is 1.34. The predicted molar refractivity (Wildman–Crippen MR) is 59.4 cm³/mol. The molecule has 0 saturated heterocycles. The van der Waals surface area contributed by atoms with Gasteiger partial charge in [0.2, 0.25) is 0 Å². The third kappa shape index (κ3) is 3.55. The Balaban J connectivity index is 2.60. The maximum Gasteiger partial charge on any atom is 0.166 e. The van der Waals surface area contributed by atoms with E-state index in [1.54, 1.807) is 6.07 Å². The highest BCUT2D eigenvalue weighted by Crippen LogP contribution is 2.12. The van der Waals surface area contributed by atoms with E-state index in [2.05, 4.69) is 35.4 Å². The van der Waals surface area contributed by atoms with E-state index in [1.165, 1.54) is 19.0 Å². The van der Waals surface area contributed by atoms with E-state index >= 15 is 0 Å². The van der Waals surface area contributed by atoms with Gasteiger partial charge in [-0.2, -0.15) is 10.4 Å². The molecule has 0 aliphatic carbocycles. The van der Waals surface area contributed by atoms with Crippen LogP contribution < -0.4 is 5.32 Å². The van der Waals surface area contributed by atoms with Crippen molar-refractivity contribution in [3.8, 4) is 6.07 Å². The molecule has 0 fully saturated rings. The molecule has 15 heavy (non-hydrogen) atoms. The summed E-state index contributed by atoms with van der Waals surface area (Å²) in [5, 5.41) is 19.7. The molecule has 0 amide bonds. The average molecular weight is 204 g/mol. The Bertz CT molecular complexity index is 343. The lowest BCUT2D eigenvalue weighted by atomic mass is 10.1. The molecule has 1 N–H and O–H groups in total. The molecular formula is C11H16N4. The standard InChI is InChI=1S/C11H16N4/c1-3-4-5-9(2)14-11-10(8-12)6-7-13-15-11/h6-7,9H,3-5H2,1-2H3,(H,14,15). The summed E-state index contributed by atoms with van der Waals surface area (Å²) < 4.78 is 0. The molecule has 1 atom stereocenters. The molecule has 80 valence electrons. The Morgan fingerprint density at radius 3 is 3.07 bits per heavy atom. The fraction of sp³-hybridized carbons (Fsp3) is 0.545. The van der Waals surface area contributed by atoms with Crippen molar-refractivity contribution >= 4 is 5.82 Å². The summed E-state index contributed by atoms with van der Waals surface area (Å²) in [4.78, 5) is 0. The topological polar surface area (TPSA) is 61.6 Å². The van der Waals surface area contributed by atoms with Crippen molar-refractivity contribution in [2.45, 2.75) is 39.2 Å². The number of nitrogens with zero attached hydrogens (tertiary/aromatic N) is 3. The van der Waals surface area contributed by atoms with E-state index in [1.807, 2.05) is 0 Å². The molecule has 1 aromatic heterocycles. The Hall–Kier alpha value is -1.63. The molecule has 1 heterocycles. The second kappa shape index (κ2) is 5.97. The first kappa shape index (κ1) is 11.4. The summed E-state index contributed by atoms with van der Waals surface area (Å²) in [6.07, 6.45) is 4.96. The summed E-state index contributed by atoms with van der Waals surface area (Å²) in [5.41, 5.74) is 0.549. The Morgan fingerprint density at radius 2 is 2.40 bits per heavy atom. The van der Waals surface area contributed by atoms with Gasteiger partial charge < -0.3 is 5.32 Å². The van der Waals surface area contributed by atoms with Gasteiger partial charge in [-0.1, -0.05) is 19.8 Å². The van der Waals surface area contributed by atoms with Gasteiger partial charge in [-0.15, -0.1) is 5.10 Å². The maximum absolute atomic E-state index is 8.85. The highest BCUT2D eigenvalue weighted by molar-refractivity contribution is 5.50. The quantitative estimate of drug-likeness (QED) is 0.799. The number of aromatic nitrogens is 2. The van der Waals surface area contributed by atoms with Crippen LogP contribution in [0.4, 0.5) is 5.82 Å². The van der Waals surface area contributed by atoms with Crippen molar-refractivity contribution in [3.05, 3.63) is 17.8 Å². The van der Waals surface area contributed by atoms with Crippen molar-refractivity contribution in [2.24, 2.45) is 0 Å². The Labute approximate surface area is 90.3 Å². The second-order valence-corrected chi connectivity index (χ2v) is 3.59. The van der Waals surface area contributed by atoms with E-state index in [4.69, 9.17) is 5.26 Å². The van der Waals surface area contributed by atoms with Crippen molar-refractivity contribution in [2.75, 3.05) is 5.32 Å². The van der Waals surface area contributed by atoms with Gasteiger partial charge in [0, 0.05) is 6.04 Å². The van der Waals surface area contributed by atoms with E-state index in [0.717, 1.165) is 6.42 Å². The van der Waals surface area contributed by atoms with Crippen LogP contribution in [-0.4, -0.2) is 16.2 Å². The minimum Gasteiger partial charge on any atom is -0.365 e. The van der Waals surface area contributed by atoms with Gasteiger partial charge in [-0.3, -0.25) is 0 Å². The molecule has 0 saturated carbocycles. The van der Waals surface area contributed by atoms with E-state index < -0.39 is 0 Å². The third-order valence-corrected chi connectivity index (χ3v) is 2.21. The molecule has 4 nitrogen and oxygen atoms in total.